The lowest BCUT2D eigenvalue weighted by Crippen LogP contribution is -2.61. The summed E-state index contributed by atoms with van der Waals surface area (Å²) in [6.45, 7) is 7.81. The van der Waals surface area contributed by atoms with Crippen LogP contribution in [0.25, 0.3) is 0 Å². The van der Waals surface area contributed by atoms with E-state index in [1.165, 1.54) is 0 Å². The molecule has 4 nitrogen and oxygen atoms in total. The number of carbonyl (C=O) groups is 1. The quantitative estimate of drug-likeness (QED) is 0.620. The van der Waals surface area contributed by atoms with Gasteiger partial charge in [-0.2, -0.15) is 11.8 Å². The zero-order chi connectivity index (χ0) is 13.9. The maximum Gasteiger partial charge on any atom is 0.238 e. The molecule has 0 spiro atoms. The number of aliphatic hydroxyl groups excluding tert-OH is 1. The van der Waals surface area contributed by atoms with Crippen LogP contribution in [0.3, 0.4) is 0 Å². The minimum Gasteiger partial charge on any atom is -0.392 e. The Bertz CT molecular complexity index is 293. The highest BCUT2D eigenvalue weighted by Gasteiger charge is 2.50. The van der Waals surface area contributed by atoms with E-state index >= 15 is 0 Å². The summed E-state index contributed by atoms with van der Waals surface area (Å²) in [6.07, 6.45) is 1.75. The summed E-state index contributed by atoms with van der Waals surface area (Å²) in [7, 11) is 0. The summed E-state index contributed by atoms with van der Waals surface area (Å²) < 4.78 is 0. The Kier molecular flexibility index (Phi) is 5.49. The van der Waals surface area contributed by atoms with E-state index in [0.29, 0.717) is 11.7 Å². The first-order chi connectivity index (χ1) is 8.29. The molecule has 0 aromatic heterocycles. The van der Waals surface area contributed by atoms with E-state index in [-0.39, 0.29) is 23.3 Å². The first kappa shape index (κ1) is 15.8. The molecule has 0 aliphatic heterocycles. The average Bonchev–Trinajstić information content (AvgIpc) is 3.06. The fraction of sp³-hybridized carbons (Fsp3) is 0.923. The van der Waals surface area contributed by atoms with E-state index in [1.54, 1.807) is 18.7 Å². The van der Waals surface area contributed by atoms with Crippen LogP contribution in [0.4, 0.5) is 0 Å². The third kappa shape index (κ3) is 3.87. The molecule has 18 heavy (non-hydrogen) atoms. The summed E-state index contributed by atoms with van der Waals surface area (Å²) in [5.74, 6) is 0.729. The second-order valence-corrected chi connectivity index (χ2v) is 7.03. The molecule has 0 heterocycles. The minimum atomic E-state index is -0.609. The number of hydrogen-bond donors (Lipinski definition) is 3. The van der Waals surface area contributed by atoms with Crippen LogP contribution in [0.15, 0.2) is 0 Å². The van der Waals surface area contributed by atoms with Crippen LogP contribution in [-0.2, 0) is 4.79 Å². The van der Waals surface area contributed by atoms with Gasteiger partial charge >= 0.3 is 0 Å². The van der Waals surface area contributed by atoms with Gasteiger partial charge in [0.1, 0.15) is 5.54 Å². The van der Waals surface area contributed by atoms with Crippen molar-refractivity contribution in [1.82, 2.24) is 5.32 Å². The molecule has 0 bridgehead atoms. The number of nitrogens with one attached hydrogen (secondary N) is 1. The maximum absolute atomic E-state index is 11.9. The Balaban J connectivity index is 2.73. The summed E-state index contributed by atoms with van der Waals surface area (Å²) in [4.78, 5) is 11.9. The summed E-state index contributed by atoms with van der Waals surface area (Å²) in [5, 5.41) is 13.0. The molecule has 1 amide bonds. The van der Waals surface area contributed by atoms with Crippen LogP contribution in [0.2, 0.25) is 0 Å². The molecule has 0 aromatic carbocycles. The van der Waals surface area contributed by atoms with E-state index in [0.717, 1.165) is 12.8 Å². The Morgan fingerprint density at radius 1 is 1.44 bits per heavy atom. The van der Waals surface area contributed by atoms with Crippen LogP contribution in [0.1, 0.15) is 40.5 Å². The molecule has 1 fully saturated rings. The zero-order valence-corrected chi connectivity index (χ0v) is 12.6. The number of carbonyl (C=O) groups excluding carboxylic acids is 1. The summed E-state index contributed by atoms with van der Waals surface area (Å²) in [5.41, 5.74) is 5.04. The summed E-state index contributed by atoms with van der Waals surface area (Å²) >= 11 is 1.62. The number of amides is 1. The van der Waals surface area contributed by atoms with E-state index < -0.39 is 5.54 Å². The predicted octanol–water partition coefficient (Wildman–Crippen LogP) is 1.12. The molecule has 0 aromatic rings. The van der Waals surface area contributed by atoms with E-state index in [4.69, 9.17) is 5.73 Å². The first-order valence-corrected chi connectivity index (χ1v) is 7.71. The van der Waals surface area contributed by atoms with Crippen molar-refractivity contribution in [2.75, 3.05) is 5.75 Å². The molecule has 0 radical (unpaired) electrons. The standard InChI is InChI=1S/C13H26N2O2S/c1-8(2)15-13(12(14)17,11-5-6-11)7-18-10(4)9(3)16/h8-11,15-16H,5-7H2,1-4H3,(H2,14,17). The first-order valence-electron chi connectivity index (χ1n) is 6.67. The van der Waals surface area contributed by atoms with Gasteiger partial charge in [-0.25, -0.2) is 0 Å². The third-order valence-corrected chi connectivity index (χ3v) is 5.06. The van der Waals surface area contributed by atoms with Gasteiger partial charge in [0.15, 0.2) is 0 Å². The maximum atomic E-state index is 11.9. The van der Waals surface area contributed by atoms with Gasteiger partial charge in [0.05, 0.1) is 6.10 Å². The number of rotatable bonds is 8. The molecule has 1 saturated carbocycles. The lowest BCUT2D eigenvalue weighted by molar-refractivity contribution is -0.124. The number of nitrogens with two attached hydrogens (primary N) is 1. The highest BCUT2D eigenvalue weighted by molar-refractivity contribution is 8.00. The molecule has 1 rings (SSSR count). The lowest BCUT2D eigenvalue weighted by Gasteiger charge is -2.35. The van der Waals surface area contributed by atoms with Crippen molar-refractivity contribution in [2.24, 2.45) is 11.7 Å². The van der Waals surface area contributed by atoms with Gasteiger partial charge in [0.2, 0.25) is 5.91 Å². The molecule has 4 N–H and O–H groups in total. The van der Waals surface area contributed by atoms with Crippen LogP contribution in [-0.4, -0.2) is 39.7 Å². The van der Waals surface area contributed by atoms with Crippen LogP contribution in [0.5, 0.6) is 0 Å². The Morgan fingerprint density at radius 2 is 2.00 bits per heavy atom. The topological polar surface area (TPSA) is 75.3 Å². The molecule has 1 aliphatic carbocycles. The summed E-state index contributed by atoms with van der Waals surface area (Å²) in [6, 6.07) is 0.223. The fourth-order valence-electron chi connectivity index (χ4n) is 2.11. The van der Waals surface area contributed by atoms with Gasteiger partial charge < -0.3 is 16.2 Å². The highest BCUT2D eigenvalue weighted by atomic mass is 32.2. The van der Waals surface area contributed by atoms with Crippen molar-refractivity contribution >= 4 is 17.7 Å². The minimum absolute atomic E-state index is 0.108. The lowest BCUT2D eigenvalue weighted by atomic mass is 9.93. The average molecular weight is 274 g/mol. The smallest absolute Gasteiger partial charge is 0.238 e. The van der Waals surface area contributed by atoms with E-state index in [9.17, 15) is 9.90 Å². The third-order valence-electron chi connectivity index (χ3n) is 3.51. The van der Waals surface area contributed by atoms with Gasteiger partial charge in [-0.15, -0.1) is 0 Å². The zero-order valence-electron chi connectivity index (χ0n) is 11.8. The molecule has 0 saturated heterocycles. The Labute approximate surface area is 114 Å². The Hall–Kier alpha value is -0.260. The van der Waals surface area contributed by atoms with Gasteiger partial charge in [-0.05, 0) is 39.5 Å². The van der Waals surface area contributed by atoms with Gasteiger partial charge in [0, 0.05) is 17.0 Å². The second kappa shape index (κ2) is 6.26. The van der Waals surface area contributed by atoms with E-state index in [1.807, 2.05) is 20.8 Å². The largest absolute Gasteiger partial charge is 0.392 e. The molecule has 106 valence electrons. The SMILES string of the molecule is CC(C)NC(CSC(C)C(C)O)(C(N)=O)C1CC1. The number of hydrogen-bond acceptors (Lipinski definition) is 4. The van der Waals surface area contributed by atoms with Crippen molar-refractivity contribution in [3.05, 3.63) is 0 Å². The second-order valence-electron chi connectivity index (χ2n) is 5.67. The van der Waals surface area contributed by atoms with Crippen molar-refractivity contribution in [3.63, 3.8) is 0 Å². The molecule has 3 unspecified atom stereocenters. The Morgan fingerprint density at radius 3 is 2.33 bits per heavy atom. The number of thioether (sulfide) groups is 1. The molecule has 3 atom stereocenters. The van der Waals surface area contributed by atoms with Gasteiger partial charge in [-0.3, -0.25) is 4.79 Å². The van der Waals surface area contributed by atoms with E-state index in [2.05, 4.69) is 5.32 Å². The monoisotopic (exact) mass is 274 g/mol. The van der Waals surface area contributed by atoms with Crippen molar-refractivity contribution in [3.8, 4) is 0 Å². The van der Waals surface area contributed by atoms with Crippen molar-refractivity contribution in [1.29, 1.82) is 0 Å². The van der Waals surface area contributed by atoms with Gasteiger partial charge in [-0.1, -0.05) is 6.92 Å². The van der Waals surface area contributed by atoms with Crippen molar-refractivity contribution < 1.29 is 9.90 Å². The normalized spacial score (nSPS) is 22.6. The van der Waals surface area contributed by atoms with Gasteiger partial charge in [0.25, 0.3) is 0 Å². The number of primary amides is 1. The van der Waals surface area contributed by atoms with Crippen LogP contribution >= 0.6 is 11.8 Å². The fourth-order valence-corrected chi connectivity index (χ4v) is 3.38. The van der Waals surface area contributed by atoms with Crippen LogP contribution < -0.4 is 11.1 Å². The van der Waals surface area contributed by atoms with Crippen LogP contribution in [0, 0.1) is 5.92 Å². The molecular weight excluding hydrogens is 248 g/mol. The highest BCUT2D eigenvalue weighted by Crippen LogP contribution is 2.42. The number of aliphatic hydroxyl groups is 1. The molecule has 1 aliphatic rings. The molecule has 5 heteroatoms. The van der Waals surface area contributed by atoms with Crippen molar-refractivity contribution in [2.45, 2.75) is 63.5 Å². The predicted molar refractivity (Wildman–Crippen MR) is 76.5 cm³/mol. The molecular formula is C13H26N2O2S.